The molecule has 3 N–H and O–H groups in total. The highest BCUT2D eigenvalue weighted by molar-refractivity contribution is 5.78. The Hall–Kier alpha value is -1.14. The largest absolute Gasteiger partial charge is 0.481 e. The van der Waals surface area contributed by atoms with Gasteiger partial charge in [0.15, 0.2) is 0 Å². The van der Waals surface area contributed by atoms with Crippen molar-refractivity contribution in [2.75, 3.05) is 19.8 Å². The summed E-state index contributed by atoms with van der Waals surface area (Å²) in [6.45, 7) is 7.08. The van der Waals surface area contributed by atoms with Crippen LogP contribution in [0.25, 0.3) is 0 Å². The molecule has 1 aliphatic heterocycles. The lowest BCUT2D eigenvalue weighted by Gasteiger charge is -2.21. The number of amides is 1. The minimum Gasteiger partial charge on any atom is -0.481 e. The third kappa shape index (κ3) is 5.01. The molecular formula is C12H22N2O4. The van der Waals surface area contributed by atoms with Crippen molar-refractivity contribution >= 4 is 11.9 Å². The molecule has 0 aromatic carbocycles. The summed E-state index contributed by atoms with van der Waals surface area (Å²) in [7, 11) is 0. The van der Waals surface area contributed by atoms with E-state index in [0.717, 1.165) is 0 Å². The van der Waals surface area contributed by atoms with Crippen LogP contribution in [0.4, 0.5) is 0 Å². The number of carboxylic acid groups (broad SMARTS) is 1. The van der Waals surface area contributed by atoms with Crippen molar-refractivity contribution in [3.8, 4) is 0 Å². The second-order valence-corrected chi connectivity index (χ2v) is 5.58. The average Bonchev–Trinajstić information content (AvgIpc) is 2.63. The zero-order chi connectivity index (χ0) is 13.8. The normalized spacial score (nSPS) is 23.9. The lowest BCUT2D eigenvalue weighted by molar-refractivity contribution is -0.142. The van der Waals surface area contributed by atoms with Gasteiger partial charge < -0.3 is 20.5 Å². The van der Waals surface area contributed by atoms with Crippen LogP contribution in [0.3, 0.4) is 0 Å². The van der Waals surface area contributed by atoms with Crippen molar-refractivity contribution in [2.24, 2.45) is 5.92 Å². The van der Waals surface area contributed by atoms with Gasteiger partial charge in [-0.15, -0.1) is 0 Å². The highest BCUT2D eigenvalue weighted by Gasteiger charge is 2.34. The van der Waals surface area contributed by atoms with E-state index < -0.39 is 17.9 Å². The predicted molar refractivity (Wildman–Crippen MR) is 66.2 cm³/mol. The molecule has 1 rings (SSSR count). The van der Waals surface area contributed by atoms with Crippen LogP contribution in [-0.4, -0.2) is 48.3 Å². The number of carbonyl (C=O) groups is 2. The fourth-order valence-corrected chi connectivity index (χ4v) is 1.77. The molecule has 1 fully saturated rings. The average molecular weight is 258 g/mol. The molecule has 104 valence electrons. The quantitative estimate of drug-likeness (QED) is 0.645. The third-order valence-electron chi connectivity index (χ3n) is 2.75. The van der Waals surface area contributed by atoms with Crippen LogP contribution >= 0.6 is 0 Å². The molecule has 1 amide bonds. The van der Waals surface area contributed by atoms with E-state index in [1.807, 2.05) is 20.8 Å². The van der Waals surface area contributed by atoms with Crippen LogP contribution in [-0.2, 0) is 14.3 Å². The van der Waals surface area contributed by atoms with Gasteiger partial charge in [-0.3, -0.25) is 9.59 Å². The van der Waals surface area contributed by atoms with Crippen LogP contribution in [0, 0.1) is 5.92 Å². The summed E-state index contributed by atoms with van der Waals surface area (Å²) >= 11 is 0. The molecule has 0 spiro atoms. The molecule has 0 aromatic heterocycles. The zero-order valence-corrected chi connectivity index (χ0v) is 11.2. The monoisotopic (exact) mass is 258 g/mol. The summed E-state index contributed by atoms with van der Waals surface area (Å²) in [6.07, 6.45) is 0.333. The van der Waals surface area contributed by atoms with Gasteiger partial charge >= 0.3 is 5.97 Å². The predicted octanol–water partition coefficient (Wildman–Crippen LogP) is -0.0196. The third-order valence-corrected chi connectivity index (χ3v) is 2.75. The van der Waals surface area contributed by atoms with Gasteiger partial charge in [-0.25, -0.2) is 0 Å². The molecule has 2 unspecified atom stereocenters. The summed E-state index contributed by atoms with van der Waals surface area (Å²) in [6, 6.07) is -0.412. The van der Waals surface area contributed by atoms with Gasteiger partial charge in [0.25, 0.3) is 0 Å². The zero-order valence-electron chi connectivity index (χ0n) is 11.2. The van der Waals surface area contributed by atoms with Crippen LogP contribution in [0.2, 0.25) is 0 Å². The maximum atomic E-state index is 11.7. The molecule has 0 aliphatic carbocycles. The molecule has 2 atom stereocenters. The van der Waals surface area contributed by atoms with Crippen molar-refractivity contribution < 1.29 is 19.4 Å². The molecule has 0 radical (unpaired) electrons. The number of aliphatic carboxylic acids is 1. The van der Waals surface area contributed by atoms with Gasteiger partial charge in [0.2, 0.25) is 5.91 Å². The summed E-state index contributed by atoms with van der Waals surface area (Å²) < 4.78 is 5.08. The van der Waals surface area contributed by atoms with Crippen molar-refractivity contribution in [3.05, 3.63) is 0 Å². The molecule has 0 aromatic rings. The molecule has 1 saturated heterocycles. The maximum absolute atomic E-state index is 11.7. The van der Waals surface area contributed by atoms with E-state index in [1.54, 1.807) is 0 Å². The number of carboxylic acids is 1. The Morgan fingerprint density at radius 2 is 2.00 bits per heavy atom. The Balaban J connectivity index is 2.29. The Kier molecular flexibility index (Phi) is 5.10. The minimum atomic E-state index is -0.925. The molecule has 0 bridgehead atoms. The number of carbonyl (C=O) groups excluding carboxylic acids is 1. The van der Waals surface area contributed by atoms with E-state index in [2.05, 4.69) is 10.6 Å². The van der Waals surface area contributed by atoms with Crippen molar-refractivity contribution in [1.29, 1.82) is 0 Å². The first-order valence-electron chi connectivity index (χ1n) is 6.14. The Bertz CT molecular complexity index is 312. The number of rotatable bonds is 5. The minimum absolute atomic E-state index is 0.0274. The Labute approximate surface area is 107 Å². The van der Waals surface area contributed by atoms with Gasteiger partial charge in [-0.1, -0.05) is 0 Å². The summed E-state index contributed by atoms with van der Waals surface area (Å²) in [4.78, 5) is 22.5. The number of nitrogens with one attached hydrogen (secondary N) is 2. The van der Waals surface area contributed by atoms with E-state index in [1.165, 1.54) is 0 Å². The lowest BCUT2D eigenvalue weighted by atomic mass is 10.0. The fraction of sp³-hybridized carbons (Fsp3) is 0.833. The second kappa shape index (κ2) is 6.15. The second-order valence-electron chi connectivity index (χ2n) is 5.58. The molecule has 6 nitrogen and oxygen atoms in total. The van der Waals surface area contributed by atoms with Crippen LogP contribution < -0.4 is 10.6 Å². The van der Waals surface area contributed by atoms with E-state index in [4.69, 9.17) is 9.84 Å². The SMILES string of the molecule is CC(C)(C)NCCC(=O)NC1COCC1C(=O)O. The van der Waals surface area contributed by atoms with E-state index in [0.29, 0.717) is 13.0 Å². The van der Waals surface area contributed by atoms with Gasteiger partial charge in [-0.2, -0.15) is 0 Å². The standard InChI is InChI=1S/C12H22N2O4/c1-12(2,3)13-5-4-10(15)14-9-7-18-6-8(9)11(16)17/h8-9,13H,4-7H2,1-3H3,(H,14,15)(H,16,17). The topological polar surface area (TPSA) is 87.7 Å². The first kappa shape index (κ1) is 14.9. The smallest absolute Gasteiger partial charge is 0.311 e. The highest BCUT2D eigenvalue weighted by Crippen LogP contribution is 2.13. The number of hydrogen-bond acceptors (Lipinski definition) is 4. The Morgan fingerprint density at radius 3 is 2.56 bits per heavy atom. The molecule has 1 heterocycles. The van der Waals surface area contributed by atoms with Crippen molar-refractivity contribution in [3.63, 3.8) is 0 Å². The fourth-order valence-electron chi connectivity index (χ4n) is 1.77. The maximum Gasteiger partial charge on any atom is 0.311 e. The van der Waals surface area contributed by atoms with Crippen LogP contribution in [0.15, 0.2) is 0 Å². The Morgan fingerprint density at radius 1 is 1.33 bits per heavy atom. The van der Waals surface area contributed by atoms with E-state index >= 15 is 0 Å². The molecular weight excluding hydrogens is 236 g/mol. The first-order chi connectivity index (χ1) is 8.29. The highest BCUT2D eigenvalue weighted by atomic mass is 16.5. The lowest BCUT2D eigenvalue weighted by Crippen LogP contribution is -2.44. The van der Waals surface area contributed by atoms with E-state index in [-0.39, 0.29) is 24.7 Å². The van der Waals surface area contributed by atoms with Crippen molar-refractivity contribution in [2.45, 2.75) is 38.8 Å². The van der Waals surface area contributed by atoms with Gasteiger partial charge in [0, 0.05) is 18.5 Å². The van der Waals surface area contributed by atoms with Gasteiger partial charge in [0.05, 0.1) is 19.3 Å². The molecule has 1 aliphatic rings. The van der Waals surface area contributed by atoms with Gasteiger partial charge in [0.1, 0.15) is 5.92 Å². The summed E-state index contributed by atoms with van der Waals surface area (Å²) in [5.41, 5.74) is -0.0274. The van der Waals surface area contributed by atoms with E-state index in [9.17, 15) is 9.59 Å². The van der Waals surface area contributed by atoms with Crippen molar-refractivity contribution in [1.82, 2.24) is 10.6 Å². The van der Waals surface area contributed by atoms with Gasteiger partial charge in [-0.05, 0) is 20.8 Å². The number of ether oxygens (including phenoxy) is 1. The molecule has 0 saturated carbocycles. The van der Waals surface area contributed by atoms with Crippen LogP contribution in [0.1, 0.15) is 27.2 Å². The first-order valence-corrected chi connectivity index (χ1v) is 6.14. The van der Waals surface area contributed by atoms with Crippen LogP contribution in [0.5, 0.6) is 0 Å². The number of hydrogen-bond donors (Lipinski definition) is 3. The molecule has 6 heteroatoms. The summed E-state index contributed by atoms with van der Waals surface area (Å²) in [5.74, 6) is -1.70. The molecule has 18 heavy (non-hydrogen) atoms. The summed E-state index contributed by atoms with van der Waals surface area (Å²) in [5, 5.41) is 14.9.